The topological polar surface area (TPSA) is 71.7 Å². The van der Waals surface area contributed by atoms with Crippen molar-refractivity contribution in [3.63, 3.8) is 0 Å². The second-order valence-corrected chi connectivity index (χ2v) is 7.99. The van der Waals surface area contributed by atoms with Crippen molar-refractivity contribution in [1.29, 1.82) is 0 Å². The number of amides is 1. The molecule has 3 aromatic rings. The Morgan fingerprint density at radius 2 is 1.84 bits per heavy atom. The molecule has 2 aromatic carbocycles. The highest BCUT2D eigenvalue weighted by molar-refractivity contribution is 5.76. The van der Waals surface area contributed by atoms with Gasteiger partial charge in [0, 0.05) is 51.1 Å². The molecular weight excluding hydrogens is 411 g/mol. The fourth-order valence-electron chi connectivity index (χ4n) is 3.76. The van der Waals surface area contributed by atoms with Crippen LogP contribution < -0.4 is 4.74 Å². The summed E-state index contributed by atoms with van der Waals surface area (Å²) >= 11 is 0. The van der Waals surface area contributed by atoms with Gasteiger partial charge in [-0.05, 0) is 36.8 Å². The number of methoxy groups -OCH3 is 1. The maximum atomic E-state index is 13.9. The smallest absolute Gasteiger partial charge is 0.247 e. The first-order chi connectivity index (χ1) is 15.5. The zero-order valence-corrected chi connectivity index (χ0v) is 18.4. The molecule has 0 saturated carbocycles. The van der Waals surface area contributed by atoms with Gasteiger partial charge in [0.15, 0.2) is 11.6 Å². The van der Waals surface area contributed by atoms with Crippen molar-refractivity contribution in [2.45, 2.75) is 26.3 Å². The molecule has 0 aliphatic carbocycles. The van der Waals surface area contributed by atoms with Crippen molar-refractivity contribution in [1.82, 2.24) is 20.0 Å². The van der Waals surface area contributed by atoms with E-state index in [0.29, 0.717) is 44.3 Å². The third-order valence-corrected chi connectivity index (χ3v) is 5.67. The summed E-state index contributed by atoms with van der Waals surface area (Å²) in [4.78, 5) is 16.7. The minimum atomic E-state index is -0.356. The summed E-state index contributed by atoms with van der Waals surface area (Å²) in [5.74, 6) is 0.905. The standard InChI is InChI=1S/C24H27FN4O3/c1-17-3-6-19(7-4-17)24-27-26-22(32-24)9-10-23(30)29-13-11-28(12-14-29)16-18-5-8-21(31-2)20(25)15-18/h3-8,15H,9-14,16H2,1-2H3. The number of ether oxygens (including phenoxy) is 1. The summed E-state index contributed by atoms with van der Waals surface area (Å²) in [6, 6.07) is 12.9. The van der Waals surface area contributed by atoms with Crippen LogP contribution in [0.1, 0.15) is 23.4 Å². The van der Waals surface area contributed by atoms with E-state index in [1.54, 1.807) is 6.07 Å². The van der Waals surface area contributed by atoms with E-state index in [1.165, 1.54) is 13.2 Å². The maximum Gasteiger partial charge on any atom is 0.247 e. The van der Waals surface area contributed by atoms with E-state index >= 15 is 0 Å². The number of hydrogen-bond acceptors (Lipinski definition) is 6. The van der Waals surface area contributed by atoms with Crippen LogP contribution >= 0.6 is 0 Å². The highest BCUT2D eigenvalue weighted by Crippen LogP contribution is 2.20. The van der Waals surface area contributed by atoms with Crippen LogP contribution in [0, 0.1) is 12.7 Å². The van der Waals surface area contributed by atoms with E-state index in [0.717, 1.165) is 29.8 Å². The Morgan fingerprint density at radius 1 is 1.09 bits per heavy atom. The van der Waals surface area contributed by atoms with E-state index in [-0.39, 0.29) is 17.5 Å². The molecule has 1 saturated heterocycles. The van der Waals surface area contributed by atoms with Gasteiger partial charge in [-0.1, -0.05) is 23.8 Å². The van der Waals surface area contributed by atoms with Gasteiger partial charge in [-0.25, -0.2) is 4.39 Å². The molecule has 1 aromatic heterocycles. The molecular formula is C24H27FN4O3. The Labute approximate surface area is 186 Å². The molecule has 4 rings (SSSR count). The first kappa shape index (κ1) is 22.0. The Hall–Kier alpha value is -3.26. The van der Waals surface area contributed by atoms with Crippen molar-refractivity contribution in [3.05, 3.63) is 65.3 Å². The number of hydrogen-bond donors (Lipinski definition) is 0. The normalized spacial score (nSPS) is 14.5. The molecule has 1 amide bonds. The molecule has 1 fully saturated rings. The van der Waals surface area contributed by atoms with Crippen LogP contribution in [0.4, 0.5) is 4.39 Å². The number of nitrogens with zero attached hydrogens (tertiary/aromatic N) is 4. The number of carbonyl (C=O) groups is 1. The molecule has 0 bridgehead atoms. The number of rotatable bonds is 7. The Morgan fingerprint density at radius 3 is 2.53 bits per heavy atom. The van der Waals surface area contributed by atoms with E-state index in [4.69, 9.17) is 9.15 Å². The van der Waals surface area contributed by atoms with Gasteiger partial charge in [-0.15, -0.1) is 10.2 Å². The monoisotopic (exact) mass is 438 g/mol. The molecule has 7 nitrogen and oxygen atoms in total. The lowest BCUT2D eigenvalue weighted by molar-refractivity contribution is -0.133. The number of aromatic nitrogens is 2. The van der Waals surface area contributed by atoms with Crippen molar-refractivity contribution < 1.29 is 18.3 Å². The van der Waals surface area contributed by atoms with Gasteiger partial charge < -0.3 is 14.1 Å². The molecule has 1 aliphatic heterocycles. The molecule has 1 aliphatic rings. The minimum absolute atomic E-state index is 0.0789. The minimum Gasteiger partial charge on any atom is -0.494 e. The number of aryl methyl sites for hydroxylation is 2. The zero-order chi connectivity index (χ0) is 22.5. The number of benzene rings is 2. The molecule has 0 atom stereocenters. The zero-order valence-electron chi connectivity index (χ0n) is 18.4. The van der Waals surface area contributed by atoms with Gasteiger partial charge >= 0.3 is 0 Å². The van der Waals surface area contributed by atoms with E-state index in [1.807, 2.05) is 42.2 Å². The van der Waals surface area contributed by atoms with Crippen molar-refractivity contribution in [2.75, 3.05) is 33.3 Å². The lowest BCUT2D eigenvalue weighted by Crippen LogP contribution is -2.48. The first-order valence-corrected chi connectivity index (χ1v) is 10.7. The predicted octanol–water partition coefficient (Wildman–Crippen LogP) is 3.47. The van der Waals surface area contributed by atoms with Gasteiger partial charge in [0.05, 0.1) is 7.11 Å². The summed E-state index contributed by atoms with van der Waals surface area (Å²) in [5, 5.41) is 8.17. The van der Waals surface area contributed by atoms with Gasteiger partial charge in [0.25, 0.3) is 0 Å². The Balaban J connectivity index is 1.23. The van der Waals surface area contributed by atoms with E-state index in [2.05, 4.69) is 15.1 Å². The molecule has 32 heavy (non-hydrogen) atoms. The summed E-state index contributed by atoms with van der Waals surface area (Å²) in [6.07, 6.45) is 0.752. The molecule has 0 unspecified atom stereocenters. The highest BCUT2D eigenvalue weighted by atomic mass is 19.1. The number of halogens is 1. The SMILES string of the molecule is COc1ccc(CN2CCN(C(=O)CCc3nnc(-c4ccc(C)cc4)o3)CC2)cc1F. The molecule has 0 radical (unpaired) electrons. The van der Waals surface area contributed by atoms with Crippen LogP contribution in [0.15, 0.2) is 46.9 Å². The summed E-state index contributed by atoms with van der Waals surface area (Å²) < 4.78 is 24.6. The average Bonchev–Trinajstić information content (AvgIpc) is 3.28. The van der Waals surface area contributed by atoms with Crippen LogP contribution in [-0.4, -0.2) is 59.2 Å². The summed E-state index contributed by atoms with van der Waals surface area (Å²) in [6.45, 7) is 5.46. The highest BCUT2D eigenvalue weighted by Gasteiger charge is 2.22. The maximum absolute atomic E-state index is 13.9. The van der Waals surface area contributed by atoms with Crippen LogP contribution in [0.3, 0.4) is 0 Å². The molecule has 8 heteroatoms. The predicted molar refractivity (Wildman–Crippen MR) is 118 cm³/mol. The quantitative estimate of drug-likeness (QED) is 0.563. The third kappa shape index (κ3) is 5.31. The van der Waals surface area contributed by atoms with Crippen LogP contribution in [0.5, 0.6) is 5.75 Å². The lowest BCUT2D eigenvalue weighted by atomic mass is 10.1. The summed E-state index contributed by atoms with van der Waals surface area (Å²) in [5.41, 5.74) is 2.92. The van der Waals surface area contributed by atoms with Crippen LogP contribution in [0.25, 0.3) is 11.5 Å². The largest absolute Gasteiger partial charge is 0.494 e. The second kappa shape index (κ2) is 9.91. The third-order valence-electron chi connectivity index (χ3n) is 5.67. The average molecular weight is 439 g/mol. The Bertz CT molecular complexity index is 1060. The fourth-order valence-corrected chi connectivity index (χ4v) is 3.76. The first-order valence-electron chi connectivity index (χ1n) is 10.7. The van der Waals surface area contributed by atoms with Gasteiger partial charge in [0.1, 0.15) is 0 Å². The second-order valence-electron chi connectivity index (χ2n) is 7.99. The molecule has 0 N–H and O–H groups in total. The van der Waals surface area contributed by atoms with Crippen LogP contribution in [0.2, 0.25) is 0 Å². The van der Waals surface area contributed by atoms with Crippen molar-refractivity contribution in [3.8, 4) is 17.2 Å². The molecule has 2 heterocycles. The lowest BCUT2D eigenvalue weighted by Gasteiger charge is -2.34. The van der Waals surface area contributed by atoms with Crippen LogP contribution in [-0.2, 0) is 17.8 Å². The Kier molecular flexibility index (Phi) is 6.80. The number of piperazine rings is 1. The van der Waals surface area contributed by atoms with Gasteiger partial charge in [-0.3, -0.25) is 9.69 Å². The van der Waals surface area contributed by atoms with Crippen molar-refractivity contribution >= 4 is 5.91 Å². The fraction of sp³-hybridized carbons (Fsp3) is 0.375. The van der Waals surface area contributed by atoms with Gasteiger partial charge in [-0.2, -0.15) is 0 Å². The van der Waals surface area contributed by atoms with Crippen molar-refractivity contribution in [2.24, 2.45) is 0 Å². The van der Waals surface area contributed by atoms with Gasteiger partial charge in [0.2, 0.25) is 17.7 Å². The number of carbonyl (C=O) groups excluding carboxylic acids is 1. The molecule has 168 valence electrons. The van der Waals surface area contributed by atoms with E-state index < -0.39 is 0 Å². The summed E-state index contributed by atoms with van der Waals surface area (Å²) in [7, 11) is 1.45. The van der Waals surface area contributed by atoms with E-state index in [9.17, 15) is 9.18 Å². The molecule has 0 spiro atoms.